The average molecular weight is 178 g/mol. The first-order valence-corrected chi connectivity index (χ1v) is 4.04. The third-order valence-corrected chi connectivity index (χ3v) is 1.66. The van der Waals surface area contributed by atoms with Gasteiger partial charge in [0.05, 0.1) is 5.84 Å². The number of hydrogen-bond acceptors (Lipinski definition) is 3. The first-order valence-electron chi connectivity index (χ1n) is 4.04. The van der Waals surface area contributed by atoms with E-state index in [1.54, 1.807) is 6.20 Å². The lowest BCUT2D eigenvalue weighted by Crippen LogP contribution is -2.14. The molecular weight excluding hydrogens is 164 g/mol. The molecule has 0 bridgehead atoms. The standard InChI is InChI=1S/C9H14N4/c1-13(2)9-4-3-7(6-12-9)5-8(10)11/h3-4,6H,5H2,1-2H3,(H3,10,11). The smallest absolute Gasteiger partial charge is 0.127 e. The topological polar surface area (TPSA) is 66.0 Å². The zero-order valence-corrected chi connectivity index (χ0v) is 7.91. The van der Waals surface area contributed by atoms with Crippen molar-refractivity contribution in [1.82, 2.24) is 4.98 Å². The molecule has 4 heteroatoms. The van der Waals surface area contributed by atoms with E-state index in [0.717, 1.165) is 11.4 Å². The Bertz CT molecular complexity index is 289. The van der Waals surface area contributed by atoms with Crippen LogP contribution < -0.4 is 10.6 Å². The molecule has 0 spiro atoms. The van der Waals surface area contributed by atoms with Crippen LogP contribution in [0.1, 0.15) is 5.56 Å². The molecule has 0 unspecified atom stereocenters. The van der Waals surface area contributed by atoms with Crippen molar-refractivity contribution in [3.8, 4) is 0 Å². The molecule has 1 rings (SSSR count). The van der Waals surface area contributed by atoms with Gasteiger partial charge in [-0.25, -0.2) is 4.98 Å². The molecule has 3 N–H and O–H groups in total. The molecule has 0 aliphatic carbocycles. The van der Waals surface area contributed by atoms with Gasteiger partial charge in [-0.15, -0.1) is 0 Å². The lowest BCUT2D eigenvalue weighted by molar-refractivity contribution is 1.05. The number of aromatic nitrogens is 1. The summed E-state index contributed by atoms with van der Waals surface area (Å²) in [5.41, 5.74) is 6.24. The molecule has 4 nitrogen and oxygen atoms in total. The molecule has 0 aliphatic rings. The third-order valence-electron chi connectivity index (χ3n) is 1.66. The van der Waals surface area contributed by atoms with Crippen molar-refractivity contribution in [2.45, 2.75) is 6.42 Å². The summed E-state index contributed by atoms with van der Waals surface area (Å²) >= 11 is 0. The normalized spacial score (nSPS) is 9.69. The molecule has 0 aromatic carbocycles. The minimum absolute atomic E-state index is 0.166. The van der Waals surface area contributed by atoms with E-state index in [0.29, 0.717) is 6.42 Å². The van der Waals surface area contributed by atoms with E-state index in [1.165, 1.54) is 0 Å². The van der Waals surface area contributed by atoms with Crippen LogP contribution in [0, 0.1) is 5.41 Å². The fourth-order valence-corrected chi connectivity index (χ4v) is 1.01. The summed E-state index contributed by atoms with van der Waals surface area (Å²) in [6.07, 6.45) is 2.22. The quantitative estimate of drug-likeness (QED) is 0.527. The molecule has 70 valence electrons. The number of nitrogens with zero attached hydrogens (tertiary/aromatic N) is 2. The maximum Gasteiger partial charge on any atom is 0.127 e. The lowest BCUT2D eigenvalue weighted by Gasteiger charge is -2.10. The predicted molar refractivity (Wildman–Crippen MR) is 54.2 cm³/mol. The first kappa shape index (κ1) is 9.51. The van der Waals surface area contributed by atoms with Crippen LogP contribution in [-0.2, 0) is 6.42 Å². The monoisotopic (exact) mass is 178 g/mol. The Kier molecular flexibility index (Phi) is 2.84. The third kappa shape index (κ3) is 2.74. The zero-order valence-electron chi connectivity index (χ0n) is 7.91. The van der Waals surface area contributed by atoms with E-state index in [2.05, 4.69) is 4.98 Å². The van der Waals surface area contributed by atoms with Crippen molar-refractivity contribution in [2.75, 3.05) is 19.0 Å². The lowest BCUT2D eigenvalue weighted by atomic mass is 10.2. The summed E-state index contributed by atoms with van der Waals surface area (Å²) in [6, 6.07) is 3.85. The molecule has 0 amide bonds. The van der Waals surface area contributed by atoms with Gasteiger partial charge < -0.3 is 10.6 Å². The van der Waals surface area contributed by atoms with E-state index < -0.39 is 0 Å². The summed E-state index contributed by atoms with van der Waals surface area (Å²) in [7, 11) is 3.87. The Hall–Kier alpha value is -1.58. The number of pyridine rings is 1. The van der Waals surface area contributed by atoms with Crippen LogP contribution >= 0.6 is 0 Å². The van der Waals surface area contributed by atoms with Crippen LogP contribution in [0.15, 0.2) is 18.3 Å². The second kappa shape index (κ2) is 3.89. The second-order valence-electron chi connectivity index (χ2n) is 3.12. The Morgan fingerprint density at radius 1 is 1.54 bits per heavy atom. The van der Waals surface area contributed by atoms with Crippen molar-refractivity contribution in [2.24, 2.45) is 5.73 Å². The van der Waals surface area contributed by atoms with E-state index in [1.807, 2.05) is 31.1 Å². The van der Waals surface area contributed by atoms with E-state index >= 15 is 0 Å². The highest BCUT2D eigenvalue weighted by Crippen LogP contribution is 2.07. The van der Waals surface area contributed by atoms with Gasteiger partial charge in [-0.1, -0.05) is 6.07 Å². The van der Waals surface area contributed by atoms with Gasteiger partial charge in [-0.3, -0.25) is 5.41 Å². The minimum atomic E-state index is 0.166. The predicted octanol–water partition coefficient (Wildman–Crippen LogP) is 0.626. The largest absolute Gasteiger partial charge is 0.387 e. The average Bonchev–Trinajstić information content (AvgIpc) is 2.04. The van der Waals surface area contributed by atoms with Crippen LogP contribution in [0.3, 0.4) is 0 Å². The summed E-state index contributed by atoms with van der Waals surface area (Å²) < 4.78 is 0. The number of hydrogen-bond donors (Lipinski definition) is 2. The number of rotatable bonds is 3. The Balaban J connectivity index is 2.75. The van der Waals surface area contributed by atoms with Gasteiger partial charge >= 0.3 is 0 Å². The SMILES string of the molecule is CN(C)c1ccc(CC(=N)N)cn1. The van der Waals surface area contributed by atoms with Gasteiger partial charge in [0.15, 0.2) is 0 Å². The highest BCUT2D eigenvalue weighted by molar-refractivity contribution is 5.79. The number of anilines is 1. The molecule has 0 atom stereocenters. The van der Waals surface area contributed by atoms with Gasteiger partial charge in [-0.2, -0.15) is 0 Å². The molecule has 0 radical (unpaired) electrons. The second-order valence-corrected chi connectivity index (χ2v) is 3.12. The molecule has 0 saturated heterocycles. The van der Waals surface area contributed by atoms with Crippen LogP contribution in [0.25, 0.3) is 0 Å². The van der Waals surface area contributed by atoms with Crippen molar-refractivity contribution < 1.29 is 0 Å². The Morgan fingerprint density at radius 2 is 2.23 bits per heavy atom. The minimum Gasteiger partial charge on any atom is -0.387 e. The van der Waals surface area contributed by atoms with Crippen molar-refractivity contribution in [1.29, 1.82) is 5.41 Å². The van der Waals surface area contributed by atoms with Crippen LogP contribution in [0.5, 0.6) is 0 Å². The molecule has 1 aromatic rings. The number of nitrogens with one attached hydrogen (secondary N) is 1. The van der Waals surface area contributed by atoms with Crippen LogP contribution in [0.4, 0.5) is 5.82 Å². The molecule has 1 aromatic heterocycles. The van der Waals surface area contributed by atoms with Crippen molar-refractivity contribution in [3.05, 3.63) is 23.9 Å². The Morgan fingerprint density at radius 3 is 2.62 bits per heavy atom. The number of amidine groups is 1. The highest BCUT2D eigenvalue weighted by atomic mass is 15.1. The van der Waals surface area contributed by atoms with Crippen molar-refractivity contribution >= 4 is 11.7 Å². The first-order chi connectivity index (χ1) is 6.09. The summed E-state index contributed by atoms with van der Waals surface area (Å²) in [4.78, 5) is 6.13. The molecule has 1 heterocycles. The number of nitrogens with two attached hydrogens (primary N) is 1. The molecule has 13 heavy (non-hydrogen) atoms. The van der Waals surface area contributed by atoms with E-state index in [4.69, 9.17) is 11.1 Å². The fraction of sp³-hybridized carbons (Fsp3) is 0.333. The van der Waals surface area contributed by atoms with Gasteiger partial charge in [0.2, 0.25) is 0 Å². The van der Waals surface area contributed by atoms with Gasteiger partial charge in [0.1, 0.15) is 5.82 Å². The molecule has 0 saturated carbocycles. The fourth-order valence-electron chi connectivity index (χ4n) is 1.01. The molecular formula is C9H14N4. The zero-order chi connectivity index (χ0) is 9.84. The van der Waals surface area contributed by atoms with E-state index in [-0.39, 0.29) is 5.84 Å². The maximum absolute atomic E-state index is 7.11. The van der Waals surface area contributed by atoms with Gasteiger partial charge in [0, 0.05) is 26.7 Å². The summed E-state index contributed by atoms with van der Waals surface area (Å²) in [5, 5.41) is 7.11. The van der Waals surface area contributed by atoms with Crippen LogP contribution in [-0.4, -0.2) is 24.9 Å². The van der Waals surface area contributed by atoms with E-state index in [9.17, 15) is 0 Å². The summed E-state index contributed by atoms with van der Waals surface area (Å²) in [5.74, 6) is 1.08. The molecule has 0 fully saturated rings. The van der Waals surface area contributed by atoms with Gasteiger partial charge in [-0.05, 0) is 11.6 Å². The van der Waals surface area contributed by atoms with Crippen LogP contribution in [0.2, 0.25) is 0 Å². The Labute approximate surface area is 77.9 Å². The maximum atomic E-state index is 7.11. The van der Waals surface area contributed by atoms with Crippen molar-refractivity contribution in [3.63, 3.8) is 0 Å². The molecule has 0 aliphatic heterocycles. The highest BCUT2D eigenvalue weighted by Gasteiger charge is 1.98. The summed E-state index contributed by atoms with van der Waals surface area (Å²) in [6.45, 7) is 0. The van der Waals surface area contributed by atoms with Gasteiger partial charge in [0.25, 0.3) is 0 Å².